The van der Waals surface area contributed by atoms with Crippen LogP contribution in [0.3, 0.4) is 0 Å². The van der Waals surface area contributed by atoms with Crippen LogP contribution in [0.2, 0.25) is 0 Å². The van der Waals surface area contributed by atoms with Gasteiger partial charge in [0.15, 0.2) is 0 Å². The summed E-state index contributed by atoms with van der Waals surface area (Å²) in [5.41, 5.74) is 0.0945. The number of pyridine rings is 1. The van der Waals surface area contributed by atoms with Gasteiger partial charge in [-0.25, -0.2) is 4.79 Å². The van der Waals surface area contributed by atoms with Gasteiger partial charge in [-0.2, -0.15) is 0 Å². The maximum absolute atomic E-state index is 12.1. The van der Waals surface area contributed by atoms with E-state index in [1.54, 1.807) is 16.7 Å². The summed E-state index contributed by atoms with van der Waals surface area (Å²) >= 11 is 0. The number of fused-ring (bicyclic) bond motifs is 1. The van der Waals surface area contributed by atoms with Gasteiger partial charge in [0, 0.05) is 24.7 Å². The Kier molecular flexibility index (Phi) is 4.53. The average Bonchev–Trinajstić information content (AvgIpc) is 2.45. The van der Waals surface area contributed by atoms with Crippen molar-refractivity contribution in [1.29, 1.82) is 0 Å². The molecular weight excluding hydrogens is 258 g/mol. The molecule has 0 fully saturated rings. The van der Waals surface area contributed by atoms with Crippen molar-refractivity contribution in [1.82, 2.24) is 4.57 Å². The van der Waals surface area contributed by atoms with Crippen LogP contribution >= 0.6 is 0 Å². The number of aromatic carboxylic acids is 1. The second-order valence-electron chi connectivity index (χ2n) is 4.67. The smallest absolute Gasteiger partial charge is 0.341 e. The molecule has 0 saturated carbocycles. The van der Waals surface area contributed by atoms with Gasteiger partial charge in [-0.1, -0.05) is 12.1 Å². The van der Waals surface area contributed by atoms with Gasteiger partial charge in [-0.05, 0) is 31.4 Å². The molecule has 2 rings (SSSR count). The van der Waals surface area contributed by atoms with Gasteiger partial charge in [0.05, 0.1) is 5.52 Å². The van der Waals surface area contributed by atoms with Crippen LogP contribution in [0.15, 0.2) is 35.3 Å². The van der Waals surface area contributed by atoms with E-state index in [0.29, 0.717) is 11.9 Å². The predicted octanol–water partition coefficient (Wildman–Crippen LogP) is 1.86. The first kappa shape index (κ1) is 14.3. The quantitative estimate of drug-likeness (QED) is 0.789. The van der Waals surface area contributed by atoms with E-state index in [1.807, 2.05) is 12.1 Å². The summed E-state index contributed by atoms with van der Waals surface area (Å²) in [6.45, 7) is 0.784. The molecule has 0 radical (unpaired) electrons. The molecule has 1 aromatic heterocycles. The highest BCUT2D eigenvalue weighted by atomic mass is 16.4. The van der Waals surface area contributed by atoms with Crippen LogP contribution < -0.4 is 5.43 Å². The Morgan fingerprint density at radius 2 is 1.90 bits per heavy atom. The number of carboxylic acid groups (broad SMARTS) is 1. The Bertz CT molecular complexity index is 675. The van der Waals surface area contributed by atoms with Crippen LogP contribution in [0, 0.1) is 0 Å². The second-order valence-corrected chi connectivity index (χ2v) is 4.67. The minimum atomic E-state index is -1.20. The third kappa shape index (κ3) is 2.88. The zero-order valence-corrected chi connectivity index (χ0v) is 11.1. The SMILES string of the molecule is O=C(O)c1cn(CCCCCO)c2ccccc2c1=O. The fraction of sp³-hybridized carbons (Fsp3) is 0.333. The highest BCUT2D eigenvalue weighted by molar-refractivity contribution is 5.92. The summed E-state index contributed by atoms with van der Waals surface area (Å²) in [7, 11) is 0. The summed E-state index contributed by atoms with van der Waals surface area (Å²) in [6, 6.07) is 7.01. The van der Waals surface area contributed by atoms with Crippen molar-refractivity contribution >= 4 is 16.9 Å². The minimum Gasteiger partial charge on any atom is -0.477 e. The maximum Gasteiger partial charge on any atom is 0.341 e. The predicted molar refractivity (Wildman–Crippen MR) is 76.1 cm³/mol. The number of carbonyl (C=O) groups is 1. The van der Waals surface area contributed by atoms with Crippen LogP contribution in [0.25, 0.3) is 10.9 Å². The topological polar surface area (TPSA) is 79.5 Å². The van der Waals surface area contributed by atoms with Gasteiger partial charge in [0.25, 0.3) is 0 Å². The molecule has 0 amide bonds. The van der Waals surface area contributed by atoms with Crippen LogP contribution in [0.5, 0.6) is 0 Å². The number of rotatable bonds is 6. The second kappa shape index (κ2) is 6.34. The molecule has 1 aromatic carbocycles. The van der Waals surface area contributed by atoms with E-state index in [2.05, 4.69) is 0 Å². The lowest BCUT2D eigenvalue weighted by molar-refractivity contribution is 0.0695. The first-order valence-electron chi connectivity index (χ1n) is 6.61. The molecule has 0 unspecified atom stereocenters. The third-order valence-electron chi connectivity index (χ3n) is 3.28. The number of unbranched alkanes of at least 4 members (excludes halogenated alkanes) is 2. The van der Waals surface area contributed by atoms with Gasteiger partial charge in [-0.15, -0.1) is 0 Å². The van der Waals surface area contributed by atoms with Gasteiger partial charge in [0.1, 0.15) is 5.56 Å². The van der Waals surface area contributed by atoms with E-state index in [0.717, 1.165) is 24.8 Å². The van der Waals surface area contributed by atoms with Crippen molar-refractivity contribution in [2.24, 2.45) is 0 Å². The molecule has 0 saturated heterocycles. The Balaban J connectivity index is 2.44. The fourth-order valence-corrected chi connectivity index (χ4v) is 2.25. The van der Waals surface area contributed by atoms with Crippen molar-refractivity contribution in [2.75, 3.05) is 6.61 Å². The lowest BCUT2D eigenvalue weighted by Gasteiger charge is -2.12. The van der Waals surface area contributed by atoms with Gasteiger partial charge < -0.3 is 14.8 Å². The number of carboxylic acids is 1. The van der Waals surface area contributed by atoms with Crippen LogP contribution in [0.4, 0.5) is 0 Å². The number of aliphatic hydroxyl groups is 1. The Morgan fingerprint density at radius 3 is 2.60 bits per heavy atom. The molecular formula is C15H17NO4. The van der Waals surface area contributed by atoms with E-state index in [9.17, 15) is 9.59 Å². The first-order chi connectivity index (χ1) is 9.65. The van der Waals surface area contributed by atoms with Crippen molar-refractivity contribution in [2.45, 2.75) is 25.8 Å². The molecule has 0 aliphatic heterocycles. The number of nitrogens with zero attached hydrogens (tertiary/aromatic N) is 1. The lowest BCUT2D eigenvalue weighted by Crippen LogP contribution is -2.19. The molecule has 0 atom stereocenters. The zero-order chi connectivity index (χ0) is 14.5. The summed E-state index contributed by atoms with van der Waals surface area (Å²) in [4.78, 5) is 23.2. The summed E-state index contributed by atoms with van der Waals surface area (Å²) in [5.74, 6) is -1.20. The molecule has 106 valence electrons. The van der Waals surface area contributed by atoms with Gasteiger partial charge in [-0.3, -0.25) is 4.79 Å². The number of aromatic nitrogens is 1. The Morgan fingerprint density at radius 1 is 1.15 bits per heavy atom. The molecule has 2 aromatic rings. The van der Waals surface area contributed by atoms with E-state index in [1.165, 1.54) is 6.20 Å². The van der Waals surface area contributed by atoms with Crippen molar-refractivity contribution < 1.29 is 15.0 Å². The third-order valence-corrected chi connectivity index (χ3v) is 3.28. The number of aliphatic hydroxyl groups excluding tert-OH is 1. The molecule has 0 aliphatic rings. The summed E-state index contributed by atoms with van der Waals surface area (Å²) < 4.78 is 1.80. The number of benzene rings is 1. The molecule has 1 heterocycles. The lowest BCUT2D eigenvalue weighted by atomic mass is 10.1. The van der Waals surface area contributed by atoms with Gasteiger partial charge >= 0.3 is 5.97 Å². The maximum atomic E-state index is 12.1. The highest BCUT2D eigenvalue weighted by Gasteiger charge is 2.13. The largest absolute Gasteiger partial charge is 0.477 e. The van der Waals surface area contributed by atoms with E-state index >= 15 is 0 Å². The molecule has 5 heteroatoms. The Labute approximate surface area is 116 Å². The minimum absolute atomic E-state index is 0.158. The molecule has 0 spiro atoms. The van der Waals surface area contributed by atoms with E-state index in [4.69, 9.17) is 10.2 Å². The van der Waals surface area contributed by atoms with Gasteiger partial charge in [0.2, 0.25) is 5.43 Å². The van der Waals surface area contributed by atoms with Crippen molar-refractivity contribution in [3.05, 3.63) is 46.2 Å². The van der Waals surface area contributed by atoms with Crippen molar-refractivity contribution in [3.8, 4) is 0 Å². The van der Waals surface area contributed by atoms with Crippen LogP contribution in [0.1, 0.15) is 29.6 Å². The summed E-state index contributed by atoms with van der Waals surface area (Å²) in [6.07, 6.45) is 3.82. The molecule has 0 aliphatic carbocycles. The van der Waals surface area contributed by atoms with E-state index in [-0.39, 0.29) is 12.2 Å². The molecule has 0 bridgehead atoms. The fourth-order valence-electron chi connectivity index (χ4n) is 2.25. The highest BCUT2D eigenvalue weighted by Crippen LogP contribution is 2.13. The number of hydrogen-bond acceptors (Lipinski definition) is 3. The van der Waals surface area contributed by atoms with Crippen molar-refractivity contribution in [3.63, 3.8) is 0 Å². The number of hydrogen-bond donors (Lipinski definition) is 2. The normalized spacial score (nSPS) is 10.8. The molecule has 20 heavy (non-hydrogen) atoms. The van der Waals surface area contributed by atoms with Crippen LogP contribution in [-0.2, 0) is 6.54 Å². The number of para-hydroxylation sites is 1. The average molecular weight is 275 g/mol. The standard InChI is InChI=1S/C15H17NO4/c17-9-5-1-4-8-16-10-12(15(19)20)14(18)11-6-2-3-7-13(11)16/h2-3,6-7,10,17H,1,4-5,8-9H2,(H,19,20). The molecule has 2 N–H and O–H groups in total. The molecule has 5 nitrogen and oxygen atoms in total. The monoisotopic (exact) mass is 275 g/mol. The van der Waals surface area contributed by atoms with Crippen LogP contribution in [-0.4, -0.2) is 27.4 Å². The zero-order valence-electron chi connectivity index (χ0n) is 11.1. The first-order valence-corrected chi connectivity index (χ1v) is 6.61. The number of aryl methyl sites for hydroxylation is 1. The summed E-state index contributed by atoms with van der Waals surface area (Å²) in [5, 5.41) is 18.3. The Hall–Kier alpha value is -2.14. The van der Waals surface area contributed by atoms with E-state index < -0.39 is 11.4 Å².